The molecule has 0 amide bonds. The summed E-state index contributed by atoms with van der Waals surface area (Å²) in [6.45, 7) is 3.90. The minimum Gasteiger partial charge on any atom is -0.389 e. The SMILES string of the molecule is CN(CC(C)(C)O)c1ccc(Cl)cc1C(=N)N. The van der Waals surface area contributed by atoms with Crippen LogP contribution in [0.15, 0.2) is 18.2 Å². The molecule has 1 rings (SSSR count). The van der Waals surface area contributed by atoms with Crippen LogP contribution in [0, 0.1) is 5.41 Å². The van der Waals surface area contributed by atoms with Gasteiger partial charge in [0.1, 0.15) is 5.84 Å². The Bertz CT molecular complexity index is 426. The van der Waals surface area contributed by atoms with Crippen LogP contribution < -0.4 is 10.6 Å². The molecular formula is C12H18ClN3O. The molecule has 0 saturated carbocycles. The van der Waals surface area contributed by atoms with E-state index in [0.29, 0.717) is 17.1 Å². The minimum atomic E-state index is -0.817. The number of likely N-dealkylation sites (N-methyl/N-ethyl adjacent to an activating group) is 1. The molecule has 4 N–H and O–H groups in total. The maximum atomic E-state index is 9.78. The molecule has 0 bridgehead atoms. The maximum absolute atomic E-state index is 9.78. The van der Waals surface area contributed by atoms with E-state index in [4.69, 9.17) is 22.7 Å². The Kier molecular flexibility index (Phi) is 4.01. The van der Waals surface area contributed by atoms with Gasteiger partial charge in [-0.1, -0.05) is 11.6 Å². The van der Waals surface area contributed by atoms with Gasteiger partial charge in [0.15, 0.2) is 0 Å². The number of aliphatic hydroxyl groups is 1. The number of anilines is 1. The van der Waals surface area contributed by atoms with Crippen LogP contribution in [-0.4, -0.2) is 30.1 Å². The van der Waals surface area contributed by atoms with Crippen molar-refractivity contribution >= 4 is 23.1 Å². The van der Waals surface area contributed by atoms with Crippen LogP contribution in [0.25, 0.3) is 0 Å². The van der Waals surface area contributed by atoms with Crippen LogP contribution in [0.1, 0.15) is 19.4 Å². The number of amidine groups is 1. The second-order valence-electron chi connectivity index (χ2n) is 4.74. The Labute approximate surface area is 107 Å². The average molecular weight is 256 g/mol. The predicted octanol–water partition coefficient (Wildman–Crippen LogP) is 1.83. The first-order valence-electron chi connectivity index (χ1n) is 5.28. The normalized spacial score (nSPS) is 11.4. The third-order valence-electron chi connectivity index (χ3n) is 2.28. The van der Waals surface area contributed by atoms with Gasteiger partial charge < -0.3 is 15.7 Å². The highest BCUT2D eigenvalue weighted by atomic mass is 35.5. The van der Waals surface area contributed by atoms with Gasteiger partial charge in [0.05, 0.1) is 5.60 Å². The molecule has 0 saturated heterocycles. The number of nitrogens with two attached hydrogens (primary N) is 1. The van der Waals surface area contributed by atoms with E-state index in [9.17, 15) is 5.11 Å². The summed E-state index contributed by atoms with van der Waals surface area (Å²) in [4.78, 5) is 1.85. The number of hydrogen-bond acceptors (Lipinski definition) is 3. The lowest BCUT2D eigenvalue weighted by Gasteiger charge is -2.28. The fourth-order valence-corrected chi connectivity index (χ4v) is 1.89. The number of nitrogen functional groups attached to an aromatic ring is 1. The van der Waals surface area contributed by atoms with Gasteiger partial charge in [0.25, 0.3) is 0 Å². The Morgan fingerprint density at radius 3 is 2.59 bits per heavy atom. The van der Waals surface area contributed by atoms with Crippen LogP contribution in [0.5, 0.6) is 0 Å². The minimum absolute atomic E-state index is 0.0369. The molecule has 0 fully saturated rings. The summed E-state index contributed by atoms with van der Waals surface area (Å²) in [5.74, 6) is -0.0369. The van der Waals surface area contributed by atoms with Crippen LogP contribution >= 0.6 is 11.6 Å². The van der Waals surface area contributed by atoms with Crippen molar-refractivity contribution in [2.45, 2.75) is 19.4 Å². The first-order valence-corrected chi connectivity index (χ1v) is 5.66. The van der Waals surface area contributed by atoms with E-state index in [0.717, 1.165) is 5.69 Å². The first kappa shape index (κ1) is 13.8. The lowest BCUT2D eigenvalue weighted by atomic mass is 10.1. The molecule has 0 unspecified atom stereocenters. The summed E-state index contributed by atoms with van der Waals surface area (Å²) in [5, 5.41) is 17.8. The number of halogens is 1. The van der Waals surface area contributed by atoms with E-state index in [1.807, 2.05) is 11.9 Å². The molecule has 0 spiro atoms. The van der Waals surface area contributed by atoms with Gasteiger partial charge in [0.2, 0.25) is 0 Å². The standard InChI is InChI=1S/C12H18ClN3O/c1-12(2,17)7-16(3)10-5-4-8(13)6-9(10)11(14)15/h4-6,17H,7H2,1-3H3,(H3,14,15). The van der Waals surface area contributed by atoms with Gasteiger partial charge in [-0.3, -0.25) is 5.41 Å². The summed E-state index contributed by atoms with van der Waals surface area (Å²) in [5.41, 5.74) is 6.06. The molecule has 0 radical (unpaired) electrons. The Morgan fingerprint density at radius 1 is 1.53 bits per heavy atom. The molecule has 0 aromatic heterocycles. The topological polar surface area (TPSA) is 73.3 Å². The fourth-order valence-electron chi connectivity index (χ4n) is 1.72. The highest BCUT2D eigenvalue weighted by Crippen LogP contribution is 2.24. The quantitative estimate of drug-likeness (QED) is 0.568. The van der Waals surface area contributed by atoms with Crippen molar-refractivity contribution in [1.82, 2.24) is 0 Å². The van der Waals surface area contributed by atoms with Crippen molar-refractivity contribution in [3.63, 3.8) is 0 Å². The monoisotopic (exact) mass is 255 g/mol. The predicted molar refractivity (Wildman–Crippen MR) is 72.0 cm³/mol. The fraction of sp³-hybridized carbons (Fsp3) is 0.417. The van der Waals surface area contributed by atoms with Gasteiger partial charge in [-0.25, -0.2) is 0 Å². The third kappa shape index (κ3) is 3.91. The molecule has 0 atom stereocenters. The summed E-state index contributed by atoms with van der Waals surface area (Å²) in [6.07, 6.45) is 0. The van der Waals surface area contributed by atoms with Crippen LogP contribution in [0.2, 0.25) is 5.02 Å². The van der Waals surface area contributed by atoms with E-state index in [1.165, 1.54) is 0 Å². The van der Waals surface area contributed by atoms with Crippen LogP contribution in [-0.2, 0) is 0 Å². The molecule has 0 heterocycles. The second-order valence-corrected chi connectivity index (χ2v) is 5.18. The zero-order valence-electron chi connectivity index (χ0n) is 10.3. The molecule has 1 aromatic carbocycles. The van der Waals surface area contributed by atoms with Crippen molar-refractivity contribution < 1.29 is 5.11 Å². The highest BCUT2D eigenvalue weighted by Gasteiger charge is 2.18. The van der Waals surface area contributed by atoms with E-state index < -0.39 is 5.60 Å². The molecule has 1 aromatic rings. The van der Waals surface area contributed by atoms with Gasteiger partial charge >= 0.3 is 0 Å². The Morgan fingerprint density at radius 2 is 2.12 bits per heavy atom. The van der Waals surface area contributed by atoms with Gasteiger partial charge in [0, 0.05) is 29.9 Å². The van der Waals surface area contributed by atoms with Gasteiger partial charge in [-0.05, 0) is 32.0 Å². The molecule has 17 heavy (non-hydrogen) atoms. The van der Waals surface area contributed by atoms with E-state index >= 15 is 0 Å². The zero-order chi connectivity index (χ0) is 13.2. The number of hydrogen-bond donors (Lipinski definition) is 3. The largest absolute Gasteiger partial charge is 0.389 e. The van der Waals surface area contributed by atoms with Crippen molar-refractivity contribution in [1.29, 1.82) is 5.41 Å². The highest BCUT2D eigenvalue weighted by molar-refractivity contribution is 6.31. The lowest BCUT2D eigenvalue weighted by Crippen LogP contribution is -2.37. The molecule has 5 heteroatoms. The van der Waals surface area contributed by atoms with Crippen molar-refractivity contribution in [2.24, 2.45) is 5.73 Å². The molecule has 0 aliphatic heterocycles. The average Bonchev–Trinajstić information content (AvgIpc) is 2.14. The maximum Gasteiger partial charge on any atom is 0.124 e. The van der Waals surface area contributed by atoms with Crippen LogP contribution in [0.4, 0.5) is 5.69 Å². The van der Waals surface area contributed by atoms with Gasteiger partial charge in [-0.15, -0.1) is 0 Å². The third-order valence-corrected chi connectivity index (χ3v) is 2.52. The summed E-state index contributed by atoms with van der Waals surface area (Å²) < 4.78 is 0. The van der Waals surface area contributed by atoms with Crippen molar-refractivity contribution in [2.75, 3.05) is 18.5 Å². The van der Waals surface area contributed by atoms with E-state index in [1.54, 1.807) is 32.0 Å². The zero-order valence-corrected chi connectivity index (χ0v) is 11.0. The molecular weight excluding hydrogens is 238 g/mol. The van der Waals surface area contributed by atoms with Crippen molar-refractivity contribution in [3.05, 3.63) is 28.8 Å². The van der Waals surface area contributed by atoms with Crippen LogP contribution in [0.3, 0.4) is 0 Å². The number of nitrogens with one attached hydrogen (secondary N) is 1. The number of benzene rings is 1. The lowest BCUT2D eigenvalue weighted by molar-refractivity contribution is 0.0886. The first-order chi connectivity index (χ1) is 7.70. The van der Waals surface area contributed by atoms with Gasteiger partial charge in [-0.2, -0.15) is 0 Å². The number of rotatable bonds is 4. The van der Waals surface area contributed by atoms with E-state index in [2.05, 4.69) is 0 Å². The molecule has 0 aliphatic carbocycles. The molecule has 4 nitrogen and oxygen atoms in total. The smallest absolute Gasteiger partial charge is 0.124 e. The van der Waals surface area contributed by atoms with Crippen molar-refractivity contribution in [3.8, 4) is 0 Å². The Balaban J connectivity index is 3.09. The summed E-state index contributed by atoms with van der Waals surface area (Å²) >= 11 is 5.88. The summed E-state index contributed by atoms with van der Waals surface area (Å²) in [7, 11) is 1.84. The van der Waals surface area contributed by atoms with E-state index in [-0.39, 0.29) is 5.84 Å². The second kappa shape index (κ2) is 4.94. The molecule has 94 valence electrons. The molecule has 0 aliphatic rings. The Hall–Kier alpha value is -1.26. The summed E-state index contributed by atoms with van der Waals surface area (Å²) in [6, 6.07) is 5.19. The number of nitrogens with zero attached hydrogens (tertiary/aromatic N) is 1.